The number of ether oxygens (including phenoxy) is 1. The van der Waals surface area contributed by atoms with Crippen molar-refractivity contribution in [1.29, 1.82) is 0 Å². The molecule has 0 unspecified atom stereocenters. The summed E-state index contributed by atoms with van der Waals surface area (Å²) >= 11 is 0. The largest absolute Gasteiger partial charge is 0.379 e. The van der Waals surface area contributed by atoms with Gasteiger partial charge in [-0.25, -0.2) is 15.3 Å². The third-order valence-electron chi connectivity index (χ3n) is 4.64. The third-order valence-corrected chi connectivity index (χ3v) is 4.64. The number of nitrogens with one attached hydrogen (secondary N) is 1. The number of amides is 1. The molecule has 164 valence electrons. The van der Waals surface area contributed by atoms with E-state index in [0.29, 0.717) is 23.6 Å². The summed E-state index contributed by atoms with van der Waals surface area (Å²) in [5.74, 6) is 0.785. The fraction of sp³-hybridized carbons (Fsp3) is 0.333. The SMILES string of the molecule is NC(=Nc1ccc(C(=O)NCCCN2CCOCC2)cc1)N=C(N)[NH2+]c1ccccn1. The van der Waals surface area contributed by atoms with Gasteiger partial charge in [0.15, 0.2) is 0 Å². The minimum Gasteiger partial charge on any atom is -0.379 e. The Bertz CT molecular complexity index is 893. The molecule has 0 radical (unpaired) electrons. The molecule has 1 fully saturated rings. The van der Waals surface area contributed by atoms with Gasteiger partial charge in [0.1, 0.15) is 0 Å². The first-order valence-corrected chi connectivity index (χ1v) is 10.2. The molecule has 0 saturated carbocycles. The van der Waals surface area contributed by atoms with Crippen LogP contribution in [-0.2, 0) is 4.74 Å². The predicted octanol–water partition coefficient (Wildman–Crippen LogP) is -0.310. The summed E-state index contributed by atoms with van der Waals surface area (Å²) in [4.78, 5) is 27.0. The van der Waals surface area contributed by atoms with E-state index in [4.69, 9.17) is 16.2 Å². The molecule has 1 aromatic carbocycles. The van der Waals surface area contributed by atoms with Crippen LogP contribution in [0.2, 0.25) is 0 Å². The number of guanidine groups is 2. The number of rotatable bonds is 7. The molecule has 2 heterocycles. The number of morpholine rings is 1. The highest BCUT2D eigenvalue weighted by Gasteiger charge is 2.10. The molecule has 10 nitrogen and oxygen atoms in total. The Morgan fingerprint density at radius 3 is 2.65 bits per heavy atom. The average Bonchev–Trinajstić information content (AvgIpc) is 2.78. The monoisotopic (exact) mass is 425 g/mol. The van der Waals surface area contributed by atoms with Gasteiger partial charge in [-0.2, -0.15) is 0 Å². The second kappa shape index (κ2) is 11.7. The van der Waals surface area contributed by atoms with E-state index in [1.54, 1.807) is 35.8 Å². The summed E-state index contributed by atoms with van der Waals surface area (Å²) in [5.41, 5.74) is 12.9. The number of benzene rings is 1. The lowest BCUT2D eigenvalue weighted by molar-refractivity contribution is -0.450. The highest BCUT2D eigenvalue weighted by atomic mass is 16.5. The van der Waals surface area contributed by atoms with Crippen LogP contribution in [0.5, 0.6) is 0 Å². The Morgan fingerprint density at radius 1 is 1.16 bits per heavy atom. The number of hydrogen-bond donors (Lipinski definition) is 4. The Kier molecular flexibility index (Phi) is 8.47. The van der Waals surface area contributed by atoms with Crippen molar-refractivity contribution in [3.8, 4) is 0 Å². The maximum atomic E-state index is 12.3. The van der Waals surface area contributed by atoms with Gasteiger partial charge in [-0.15, -0.1) is 4.99 Å². The van der Waals surface area contributed by atoms with Crippen LogP contribution in [0, 0.1) is 0 Å². The van der Waals surface area contributed by atoms with Crippen molar-refractivity contribution in [2.24, 2.45) is 21.5 Å². The van der Waals surface area contributed by atoms with Gasteiger partial charge in [0.2, 0.25) is 11.8 Å². The quantitative estimate of drug-likeness (QED) is 0.272. The zero-order chi connectivity index (χ0) is 21.9. The molecule has 0 aliphatic carbocycles. The summed E-state index contributed by atoms with van der Waals surface area (Å²) in [6.45, 7) is 5.06. The predicted molar refractivity (Wildman–Crippen MR) is 119 cm³/mol. The number of carbonyl (C=O) groups is 1. The molecule has 1 amide bonds. The van der Waals surface area contributed by atoms with E-state index in [-0.39, 0.29) is 17.8 Å². The van der Waals surface area contributed by atoms with Gasteiger partial charge in [-0.05, 0) is 43.3 Å². The molecule has 1 saturated heterocycles. The van der Waals surface area contributed by atoms with Crippen LogP contribution in [0.4, 0.5) is 11.5 Å². The van der Waals surface area contributed by atoms with E-state index in [9.17, 15) is 4.79 Å². The summed E-state index contributed by atoms with van der Waals surface area (Å²) < 4.78 is 5.33. The number of nitrogens with zero attached hydrogens (tertiary/aromatic N) is 4. The topological polar surface area (TPSA) is 148 Å². The minimum absolute atomic E-state index is 0.0185. The maximum absolute atomic E-state index is 12.3. The summed E-state index contributed by atoms with van der Waals surface area (Å²) in [6, 6.07) is 12.3. The van der Waals surface area contributed by atoms with E-state index in [1.165, 1.54) is 0 Å². The van der Waals surface area contributed by atoms with E-state index in [2.05, 4.69) is 25.2 Å². The lowest BCUT2D eigenvalue weighted by atomic mass is 10.2. The lowest BCUT2D eigenvalue weighted by Gasteiger charge is -2.26. The highest BCUT2D eigenvalue weighted by Crippen LogP contribution is 2.13. The molecule has 0 spiro atoms. The van der Waals surface area contributed by atoms with Gasteiger partial charge in [-0.1, -0.05) is 6.07 Å². The van der Waals surface area contributed by atoms with Crippen molar-refractivity contribution < 1.29 is 14.8 Å². The molecule has 1 aromatic heterocycles. The zero-order valence-electron chi connectivity index (χ0n) is 17.4. The lowest BCUT2D eigenvalue weighted by Crippen LogP contribution is -2.85. The van der Waals surface area contributed by atoms with Gasteiger partial charge < -0.3 is 21.5 Å². The number of aliphatic imine (C=N–C) groups is 2. The van der Waals surface area contributed by atoms with Crippen molar-refractivity contribution in [1.82, 2.24) is 15.2 Å². The van der Waals surface area contributed by atoms with Crippen LogP contribution in [0.1, 0.15) is 16.8 Å². The standard InChI is InChI=1S/C21H28N8O2/c22-20(28-21(23)27-18-4-1-2-9-24-18)26-17-7-5-16(6-8-17)19(30)25-10-3-11-29-12-14-31-15-13-29/h1-2,4-9H,3,10-15H2,(H,25,30)(H5,22,23,24,26,27,28)/p+1. The Labute approximate surface area is 181 Å². The van der Waals surface area contributed by atoms with Gasteiger partial charge in [0, 0.05) is 37.5 Å². The molecular weight excluding hydrogens is 396 g/mol. The van der Waals surface area contributed by atoms with Crippen LogP contribution in [0.25, 0.3) is 0 Å². The Morgan fingerprint density at radius 2 is 1.94 bits per heavy atom. The fourth-order valence-corrected chi connectivity index (χ4v) is 3.05. The molecule has 1 aliphatic heterocycles. The van der Waals surface area contributed by atoms with E-state index >= 15 is 0 Å². The minimum atomic E-state index is -0.113. The maximum Gasteiger partial charge on any atom is 0.306 e. The normalized spacial score (nSPS) is 15.6. The second-order valence-corrected chi connectivity index (χ2v) is 7.02. The summed E-state index contributed by atoms with van der Waals surface area (Å²) in [6.07, 6.45) is 2.57. The van der Waals surface area contributed by atoms with E-state index < -0.39 is 0 Å². The van der Waals surface area contributed by atoms with Crippen molar-refractivity contribution >= 4 is 29.3 Å². The first kappa shape index (κ1) is 22.3. The molecule has 1 aliphatic rings. The number of nitrogens with two attached hydrogens (primary N) is 3. The van der Waals surface area contributed by atoms with E-state index in [1.807, 2.05) is 18.2 Å². The number of quaternary nitrogens is 1. The fourth-order valence-electron chi connectivity index (χ4n) is 3.05. The first-order valence-electron chi connectivity index (χ1n) is 10.2. The van der Waals surface area contributed by atoms with Gasteiger partial charge in [-0.3, -0.25) is 9.69 Å². The molecule has 0 bridgehead atoms. The molecule has 10 heteroatoms. The Balaban J connectivity index is 1.45. The average molecular weight is 426 g/mol. The van der Waals surface area contributed by atoms with Crippen molar-refractivity contribution in [3.05, 3.63) is 54.2 Å². The molecule has 3 rings (SSSR count). The number of carbonyl (C=O) groups excluding carboxylic acids is 1. The second-order valence-electron chi connectivity index (χ2n) is 7.02. The number of pyridine rings is 1. The smallest absolute Gasteiger partial charge is 0.306 e. The number of hydrogen-bond acceptors (Lipinski definition) is 5. The molecular formula is C21H29N8O2+. The highest BCUT2D eigenvalue weighted by molar-refractivity contribution is 5.95. The Hall–Kier alpha value is -3.34. The van der Waals surface area contributed by atoms with Crippen LogP contribution in [0.15, 0.2) is 58.6 Å². The van der Waals surface area contributed by atoms with Gasteiger partial charge >= 0.3 is 5.96 Å². The van der Waals surface area contributed by atoms with Crippen LogP contribution in [-0.4, -0.2) is 67.1 Å². The van der Waals surface area contributed by atoms with Gasteiger partial charge in [0.05, 0.1) is 18.9 Å². The zero-order valence-corrected chi connectivity index (χ0v) is 17.4. The van der Waals surface area contributed by atoms with Crippen LogP contribution in [0.3, 0.4) is 0 Å². The first-order chi connectivity index (χ1) is 15.1. The third kappa shape index (κ3) is 7.78. The van der Waals surface area contributed by atoms with Crippen molar-refractivity contribution in [3.63, 3.8) is 0 Å². The van der Waals surface area contributed by atoms with Crippen LogP contribution < -0.4 is 22.1 Å². The molecule has 31 heavy (non-hydrogen) atoms. The molecule has 2 aromatic rings. The summed E-state index contributed by atoms with van der Waals surface area (Å²) in [7, 11) is 0. The van der Waals surface area contributed by atoms with E-state index in [0.717, 1.165) is 39.3 Å². The van der Waals surface area contributed by atoms with Crippen molar-refractivity contribution in [2.45, 2.75) is 6.42 Å². The number of aromatic nitrogens is 1. The van der Waals surface area contributed by atoms with Crippen molar-refractivity contribution in [2.75, 3.05) is 39.4 Å². The molecule has 7 N–H and O–H groups in total. The van der Waals surface area contributed by atoms with Crippen LogP contribution >= 0.6 is 0 Å². The summed E-state index contributed by atoms with van der Waals surface area (Å²) in [5, 5.41) is 4.55. The van der Waals surface area contributed by atoms with Gasteiger partial charge in [0.25, 0.3) is 5.91 Å². The molecule has 0 atom stereocenters.